The minimum atomic E-state index is -0.378. The van der Waals surface area contributed by atoms with E-state index in [2.05, 4.69) is 25.7 Å². The number of hydrogen-bond donors (Lipinski definition) is 2. The van der Waals surface area contributed by atoms with E-state index in [1.165, 1.54) is 13.5 Å². The number of oxime groups is 1. The summed E-state index contributed by atoms with van der Waals surface area (Å²) in [6.07, 6.45) is 8.54. The van der Waals surface area contributed by atoms with Crippen LogP contribution in [-0.2, 0) is 20.8 Å². The summed E-state index contributed by atoms with van der Waals surface area (Å²) in [5.74, 6) is -0.331. The first-order valence-corrected chi connectivity index (χ1v) is 14.2. The van der Waals surface area contributed by atoms with Crippen LogP contribution in [0.4, 0.5) is 0 Å². The summed E-state index contributed by atoms with van der Waals surface area (Å²) in [5, 5.41) is 9.92. The van der Waals surface area contributed by atoms with Crippen LogP contribution in [0.2, 0.25) is 5.02 Å². The molecule has 0 bridgehead atoms. The molecule has 0 aromatic heterocycles. The summed E-state index contributed by atoms with van der Waals surface area (Å²) in [7, 11) is 5.52. The molecule has 1 aromatic carbocycles. The van der Waals surface area contributed by atoms with Gasteiger partial charge in [-0.2, -0.15) is 0 Å². The summed E-state index contributed by atoms with van der Waals surface area (Å²) < 4.78 is 0. The summed E-state index contributed by atoms with van der Waals surface area (Å²) in [4.78, 5) is 35.9. The van der Waals surface area contributed by atoms with Gasteiger partial charge in [-0.05, 0) is 64.4 Å². The summed E-state index contributed by atoms with van der Waals surface area (Å²) in [5.41, 5.74) is 4.20. The average molecular weight is 549 g/mol. The SMILES string of the molecule is CO/N=C\C(C)C(=O)N(C1CCCCC1)[C@H]1CCN(NC(=O)[C@@H](Cc2ccc(Cl)cc2)NCCN(C)C)C1. The highest BCUT2D eigenvalue weighted by Gasteiger charge is 2.38. The Morgan fingerprint density at radius 1 is 1.16 bits per heavy atom. The van der Waals surface area contributed by atoms with E-state index >= 15 is 0 Å². The Balaban J connectivity index is 1.66. The topological polar surface area (TPSA) is 89.5 Å². The first-order chi connectivity index (χ1) is 18.3. The zero-order valence-electron chi connectivity index (χ0n) is 23.4. The highest BCUT2D eigenvalue weighted by molar-refractivity contribution is 6.30. The van der Waals surface area contributed by atoms with Crippen molar-refractivity contribution < 1.29 is 14.4 Å². The van der Waals surface area contributed by atoms with Crippen molar-refractivity contribution in [3.05, 3.63) is 34.9 Å². The van der Waals surface area contributed by atoms with Gasteiger partial charge >= 0.3 is 0 Å². The van der Waals surface area contributed by atoms with E-state index in [0.29, 0.717) is 31.1 Å². The molecular formula is C28H45ClN6O3. The number of nitrogens with one attached hydrogen (secondary N) is 2. The molecule has 2 amide bonds. The lowest BCUT2D eigenvalue weighted by Gasteiger charge is -2.39. The molecule has 1 saturated heterocycles. The summed E-state index contributed by atoms with van der Waals surface area (Å²) in [6.45, 7) is 4.73. The van der Waals surface area contributed by atoms with Gasteiger partial charge in [-0.3, -0.25) is 15.0 Å². The van der Waals surface area contributed by atoms with Crippen molar-refractivity contribution >= 4 is 29.6 Å². The van der Waals surface area contributed by atoms with E-state index < -0.39 is 0 Å². The van der Waals surface area contributed by atoms with Gasteiger partial charge in [0.05, 0.1) is 18.2 Å². The molecule has 0 spiro atoms. The second-order valence-corrected chi connectivity index (χ2v) is 11.2. The maximum absolute atomic E-state index is 13.5. The quantitative estimate of drug-likeness (QED) is 0.291. The lowest BCUT2D eigenvalue weighted by molar-refractivity contribution is -0.138. The molecule has 3 atom stereocenters. The molecule has 0 radical (unpaired) electrons. The van der Waals surface area contributed by atoms with Crippen molar-refractivity contribution in [3.63, 3.8) is 0 Å². The zero-order chi connectivity index (χ0) is 27.5. The molecular weight excluding hydrogens is 504 g/mol. The number of amides is 2. The number of rotatable bonds is 13. The van der Waals surface area contributed by atoms with Crippen molar-refractivity contribution in [2.24, 2.45) is 11.1 Å². The molecule has 2 N–H and O–H groups in total. The van der Waals surface area contributed by atoms with Crippen LogP contribution in [0.1, 0.15) is 51.0 Å². The molecule has 1 aromatic rings. The first-order valence-electron chi connectivity index (χ1n) is 13.8. The van der Waals surface area contributed by atoms with Gasteiger partial charge < -0.3 is 20.0 Å². The predicted octanol–water partition coefficient (Wildman–Crippen LogP) is 2.94. The molecule has 38 heavy (non-hydrogen) atoms. The standard InChI is InChI=1S/C28H45ClN6O3/c1-21(19-31-38-4)28(37)35(24-8-6-5-7-9-24)25-14-16-34(20-25)32-27(36)26(30-15-17-33(2)3)18-22-10-12-23(29)13-11-22/h10-13,19,21,24-26,30H,5-9,14-18,20H2,1-4H3,(H,32,36)/b31-19-/t21?,25-,26+/m0/s1. The fourth-order valence-electron chi connectivity index (χ4n) is 5.35. The Morgan fingerprint density at radius 2 is 1.87 bits per heavy atom. The first kappa shape index (κ1) is 30.3. The molecule has 10 heteroatoms. The maximum atomic E-state index is 13.5. The molecule has 1 saturated carbocycles. The van der Waals surface area contributed by atoms with Gasteiger partial charge in [0.2, 0.25) is 5.91 Å². The Kier molecular flexibility index (Phi) is 12.3. The lowest BCUT2D eigenvalue weighted by Crippen LogP contribution is -2.54. The highest BCUT2D eigenvalue weighted by atomic mass is 35.5. The Hall–Kier alpha value is -2.20. The maximum Gasteiger partial charge on any atom is 0.251 e. The second kappa shape index (κ2) is 15.4. The van der Waals surface area contributed by atoms with Crippen molar-refractivity contribution in [1.82, 2.24) is 25.6 Å². The van der Waals surface area contributed by atoms with E-state index in [1.54, 1.807) is 6.21 Å². The van der Waals surface area contributed by atoms with Crippen molar-refractivity contribution in [2.45, 2.75) is 70.0 Å². The van der Waals surface area contributed by atoms with Gasteiger partial charge in [0.15, 0.2) is 0 Å². The molecule has 1 unspecified atom stereocenters. The van der Waals surface area contributed by atoms with Crippen LogP contribution in [0.25, 0.3) is 0 Å². The van der Waals surface area contributed by atoms with Crippen molar-refractivity contribution in [1.29, 1.82) is 0 Å². The minimum Gasteiger partial charge on any atom is -0.399 e. The molecule has 2 aliphatic rings. The summed E-state index contributed by atoms with van der Waals surface area (Å²) in [6, 6.07) is 7.55. The minimum absolute atomic E-state index is 0.0562. The Labute approximate surface area is 232 Å². The number of halogens is 1. The average Bonchev–Trinajstić information content (AvgIpc) is 3.36. The van der Waals surface area contributed by atoms with Gasteiger partial charge in [-0.15, -0.1) is 0 Å². The van der Waals surface area contributed by atoms with Gasteiger partial charge in [0.25, 0.3) is 5.91 Å². The molecule has 3 rings (SSSR count). The number of likely N-dealkylation sites (N-methyl/N-ethyl adjacent to an activating group) is 1. The lowest BCUT2D eigenvalue weighted by atomic mass is 9.92. The van der Waals surface area contributed by atoms with E-state index in [9.17, 15) is 9.59 Å². The van der Waals surface area contributed by atoms with Crippen LogP contribution in [0.5, 0.6) is 0 Å². The van der Waals surface area contributed by atoms with E-state index in [0.717, 1.165) is 44.2 Å². The fourth-order valence-corrected chi connectivity index (χ4v) is 5.47. The number of nitrogens with zero attached hydrogens (tertiary/aromatic N) is 4. The number of benzene rings is 1. The number of hydrogen-bond acceptors (Lipinski definition) is 7. The molecule has 2 fully saturated rings. The third-order valence-electron chi connectivity index (χ3n) is 7.45. The molecule has 212 valence electrons. The monoisotopic (exact) mass is 548 g/mol. The van der Waals surface area contributed by atoms with Crippen molar-refractivity contribution in [2.75, 3.05) is 47.4 Å². The third kappa shape index (κ3) is 9.22. The van der Waals surface area contributed by atoms with E-state index in [1.807, 2.05) is 50.3 Å². The van der Waals surface area contributed by atoms with Crippen LogP contribution in [0.15, 0.2) is 29.4 Å². The number of carbonyl (C=O) groups is 2. The van der Waals surface area contributed by atoms with Crippen LogP contribution in [0, 0.1) is 5.92 Å². The molecule has 1 aliphatic heterocycles. The van der Waals surface area contributed by atoms with Gasteiger partial charge in [0, 0.05) is 43.3 Å². The van der Waals surface area contributed by atoms with Crippen LogP contribution < -0.4 is 10.7 Å². The van der Waals surface area contributed by atoms with Gasteiger partial charge in [0.1, 0.15) is 7.11 Å². The van der Waals surface area contributed by atoms with E-state index in [-0.39, 0.29) is 35.9 Å². The molecule has 1 aliphatic carbocycles. The smallest absolute Gasteiger partial charge is 0.251 e. The fraction of sp³-hybridized carbons (Fsp3) is 0.679. The largest absolute Gasteiger partial charge is 0.399 e. The van der Waals surface area contributed by atoms with Gasteiger partial charge in [-0.25, -0.2) is 5.01 Å². The highest BCUT2D eigenvalue weighted by Crippen LogP contribution is 2.28. The normalized spacial score (nSPS) is 20.5. The predicted molar refractivity (Wildman–Crippen MR) is 152 cm³/mol. The van der Waals surface area contributed by atoms with Crippen molar-refractivity contribution in [3.8, 4) is 0 Å². The van der Waals surface area contributed by atoms with Crippen LogP contribution in [-0.4, -0.2) is 98.3 Å². The third-order valence-corrected chi connectivity index (χ3v) is 7.70. The van der Waals surface area contributed by atoms with E-state index in [4.69, 9.17) is 16.4 Å². The zero-order valence-corrected chi connectivity index (χ0v) is 24.1. The Bertz CT molecular complexity index is 906. The molecule has 1 heterocycles. The van der Waals surface area contributed by atoms with Crippen LogP contribution in [0.3, 0.4) is 0 Å². The van der Waals surface area contributed by atoms with Crippen LogP contribution >= 0.6 is 11.6 Å². The molecule has 9 nitrogen and oxygen atoms in total. The second-order valence-electron chi connectivity index (χ2n) is 10.8. The summed E-state index contributed by atoms with van der Waals surface area (Å²) >= 11 is 6.06. The number of carbonyl (C=O) groups excluding carboxylic acids is 2. The van der Waals surface area contributed by atoms with Gasteiger partial charge in [-0.1, -0.05) is 48.2 Å². The number of hydrazine groups is 1. The Morgan fingerprint density at radius 3 is 2.53 bits per heavy atom.